The van der Waals surface area contributed by atoms with Crippen molar-refractivity contribution in [3.8, 4) is 23.0 Å². The molecule has 4 aromatic carbocycles. The highest BCUT2D eigenvalue weighted by Crippen LogP contribution is 2.38. The highest BCUT2D eigenvalue weighted by molar-refractivity contribution is 6.26. The summed E-state index contributed by atoms with van der Waals surface area (Å²) >= 11 is 0. The van der Waals surface area contributed by atoms with Crippen molar-refractivity contribution in [3.05, 3.63) is 95.1 Å². The van der Waals surface area contributed by atoms with Gasteiger partial charge in [-0.2, -0.15) is 0 Å². The minimum absolute atomic E-state index is 0.184. The predicted octanol–water partition coefficient (Wildman–Crippen LogP) is 5.17. The fourth-order valence-corrected chi connectivity index (χ4v) is 4.14. The molecule has 0 aromatic heterocycles. The van der Waals surface area contributed by atoms with Crippen LogP contribution in [-0.2, 0) is 9.59 Å². The first-order chi connectivity index (χ1) is 18.2. The molecule has 4 rings (SSSR count). The van der Waals surface area contributed by atoms with Crippen LogP contribution in [0.4, 0.5) is 0 Å². The second-order valence-corrected chi connectivity index (χ2v) is 8.28. The quantitative estimate of drug-likeness (QED) is 0.181. The van der Waals surface area contributed by atoms with E-state index in [1.807, 2.05) is 0 Å². The van der Waals surface area contributed by atoms with Crippen molar-refractivity contribution in [2.75, 3.05) is 14.2 Å². The first-order valence-corrected chi connectivity index (χ1v) is 11.6. The molecule has 0 aliphatic rings. The van der Waals surface area contributed by atoms with Gasteiger partial charge in [0.1, 0.15) is 23.0 Å². The van der Waals surface area contributed by atoms with Gasteiger partial charge in [-0.05, 0) is 66.0 Å². The standard InChI is InChI=1S/C30H24O8/c1-17(31)37-22-11-5-20(6-12-22)29(33)27-24(35-3)15-9-19-10-16-25(36-4)28(26(19)27)30(34)21-7-13-23(14-8-21)38-18(2)32/h5-16H,1-4H3. The average molecular weight is 513 g/mol. The van der Waals surface area contributed by atoms with E-state index in [1.54, 1.807) is 24.3 Å². The summed E-state index contributed by atoms with van der Waals surface area (Å²) in [5.41, 5.74) is 0.977. The normalized spacial score (nSPS) is 10.5. The van der Waals surface area contributed by atoms with Crippen molar-refractivity contribution in [1.82, 2.24) is 0 Å². The lowest BCUT2D eigenvalue weighted by Gasteiger charge is -2.17. The van der Waals surface area contributed by atoms with Crippen molar-refractivity contribution < 1.29 is 38.1 Å². The molecule has 0 unspecified atom stereocenters. The molecule has 0 saturated heterocycles. The number of ether oxygens (including phenoxy) is 4. The lowest BCUT2D eigenvalue weighted by molar-refractivity contribution is -0.132. The van der Waals surface area contributed by atoms with E-state index in [4.69, 9.17) is 18.9 Å². The molecule has 0 N–H and O–H groups in total. The topological polar surface area (TPSA) is 105 Å². The van der Waals surface area contributed by atoms with Gasteiger partial charge in [0.25, 0.3) is 0 Å². The summed E-state index contributed by atoms with van der Waals surface area (Å²) in [7, 11) is 2.88. The summed E-state index contributed by atoms with van der Waals surface area (Å²) in [6.45, 7) is 2.58. The van der Waals surface area contributed by atoms with Crippen molar-refractivity contribution >= 4 is 34.3 Å². The SMILES string of the molecule is COc1ccc2ccc(OC)c(C(=O)c3ccc(OC(C)=O)cc3)c2c1C(=O)c1ccc(OC(C)=O)cc1. The van der Waals surface area contributed by atoms with Gasteiger partial charge in [0.2, 0.25) is 0 Å². The van der Waals surface area contributed by atoms with Gasteiger partial charge in [-0.3, -0.25) is 19.2 Å². The zero-order chi connectivity index (χ0) is 27.4. The monoisotopic (exact) mass is 512 g/mol. The molecule has 8 heteroatoms. The molecular formula is C30H24O8. The Morgan fingerprint density at radius 1 is 0.526 bits per heavy atom. The smallest absolute Gasteiger partial charge is 0.308 e. The van der Waals surface area contributed by atoms with Crippen molar-refractivity contribution in [2.24, 2.45) is 0 Å². The highest BCUT2D eigenvalue weighted by atomic mass is 16.5. The molecule has 0 bridgehead atoms. The van der Waals surface area contributed by atoms with Gasteiger partial charge < -0.3 is 18.9 Å². The molecule has 38 heavy (non-hydrogen) atoms. The molecule has 0 saturated carbocycles. The fourth-order valence-electron chi connectivity index (χ4n) is 4.14. The Labute approximate surface area is 218 Å². The third kappa shape index (κ3) is 5.24. The number of carbonyl (C=O) groups is 4. The molecule has 0 aliphatic carbocycles. The number of carbonyl (C=O) groups excluding carboxylic acids is 4. The molecule has 0 spiro atoms. The van der Waals surface area contributed by atoms with Crippen LogP contribution in [0.25, 0.3) is 10.8 Å². The lowest BCUT2D eigenvalue weighted by Crippen LogP contribution is -2.11. The van der Waals surface area contributed by atoms with Gasteiger partial charge in [0.15, 0.2) is 11.6 Å². The van der Waals surface area contributed by atoms with E-state index >= 15 is 0 Å². The number of hydrogen-bond donors (Lipinski definition) is 0. The number of esters is 2. The molecular weight excluding hydrogens is 488 g/mol. The van der Waals surface area contributed by atoms with Crippen LogP contribution in [0.15, 0.2) is 72.8 Å². The first kappa shape index (κ1) is 26.1. The zero-order valence-electron chi connectivity index (χ0n) is 21.2. The first-order valence-electron chi connectivity index (χ1n) is 11.6. The molecule has 192 valence electrons. The summed E-state index contributed by atoms with van der Waals surface area (Å²) in [4.78, 5) is 50.2. The van der Waals surface area contributed by atoms with E-state index < -0.39 is 23.5 Å². The largest absolute Gasteiger partial charge is 0.496 e. The maximum Gasteiger partial charge on any atom is 0.308 e. The van der Waals surface area contributed by atoms with Crippen LogP contribution >= 0.6 is 0 Å². The lowest BCUT2D eigenvalue weighted by atomic mass is 9.89. The zero-order valence-corrected chi connectivity index (χ0v) is 21.2. The minimum Gasteiger partial charge on any atom is -0.496 e. The maximum atomic E-state index is 13.8. The second kappa shape index (κ2) is 11.0. The molecule has 0 aliphatic heterocycles. The van der Waals surface area contributed by atoms with E-state index in [9.17, 15) is 19.2 Å². The second-order valence-electron chi connectivity index (χ2n) is 8.28. The van der Waals surface area contributed by atoms with Gasteiger partial charge >= 0.3 is 11.9 Å². The molecule has 4 aromatic rings. The van der Waals surface area contributed by atoms with Crippen molar-refractivity contribution in [3.63, 3.8) is 0 Å². The Morgan fingerprint density at radius 3 is 1.21 bits per heavy atom. The van der Waals surface area contributed by atoms with Gasteiger partial charge in [-0.1, -0.05) is 12.1 Å². The third-order valence-electron chi connectivity index (χ3n) is 5.76. The van der Waals surface area contributed by atoms with Crippen LogP contribution in [-0.4, -0.2) is 37.7 Å². The van der Waals surface area contributed by atoms with E-state index in [0.717, 1.165) is 0 Å². The summed E-state index contributed by atoms with van der Waals surface area (Å²) in [6.07, 6.45) is 0. The maximum absolute atomic E-state index is 13.8. The van der Waals surface area contributed by atoms with Gasteiger partial charge in [0, 0.05) is 30.4 Å². The van der Waals surface area contributed by atoms with E-state index in [2.05, 4.69) is 0 Å². The number of methoxy groups -OCH3 is 2. The Morgan fingerprint density at radius 2 is 0.895 bits per heavy atom. The van der Waals surface area contributed by atoms with Gasteiger partial charge in [-0.25, -0.2) is 0 Å². The molecule has 0 amide bonds. The predicted molar refractivity (Wildman–Crippen MR) is 139 cm³/mol. The molecule has 0 heterocycles. The number of fused-ring (bicyclic) bond motifs is 1. The molecule has 0 atom stereocenters. The third-order valence-corrected chi connectivity index (χ3v) is 5.76. The van der Waals surface area contributed by atoms with Crippen LogP contribution < -0.4 is 18.9 Å². The number of benzene rings is 4. The van der Waals surface area contributed by atoms with Crippen molar-refractivity contribution in [2.45, 2.75) is 13.8 Å². The van der Waals surface area contributed by atoms with E-state index in [0.29, 0.717) is 33.4 Å². The van der Waals surface area contributed by atoms with Crippen LogP contribution in [0.2, 0.25) is 0 Å². The number of hydrogen-bond acceptors (Lipinski definition) is 8. The summed E-state index contributed by atoms with van der Waals surface area (Å²) in [5, 5.41) is 0.998. The van der Waals surface area contributed by atoms with Crippen LogP contribution in [0.1, 0.15) is 45.7 Å². The highest BCUT2D eigenvalue weighted by Gasteiger charge is 2.26. The fraction of sp³-hybridized carbons (Fsp3) is 0.133. The van der Waals surface area contributed by atoms with Gasteiger partial charge in [-0.15, -0.1) is 0 Å². The number of ketones is 2. The van der Waals surface area contributed by atoms with Gasteiger partial charge in [0.05, 0.1) is 25.3 Å². The molecule has 8 nitrogen and oxygen atoms in total. The van der Waals surface area contributed by atoms with Crippen LogP contribution in [0.5, 0.6) is 23.0 Å². The molecule has 0 radical (unpaired) electrons. The molecule has 0 fully saturated rings. The van der Waals surface area contributed by atoms with E-state index in [1.165, 1.54) is 76.6 Å². The summed E-state index contributed by atoms with van der Waals surface area (Å²) in [6, 6.07) is 19.1. The van der Waals surface area contributed by atoms with Crippen LogP contribution in [0, 0.1) is 0 Å². The van der Waals surface area contributed by atoms with Crippen LogP contribution in [0.3, 0.4) is 0 Å². The Balaban J connectivity index is 1.90. The van der Waals surface area contributed by atoms with E-state index in [-0.39, 0.29) is 22.6 Å². The Hall–Kier alpha value is -4.98. The summed E-state index contributed by atoms with van der Waals surface area (Å²) < 4.78 is 21.2. The Kier molecular flexibility index (Phi) is 7.53. The minimum atomic E-state index is -0.476. The summed E-state index contributed by atoms with van der Waals surface area (Å²) in [5.74, 6) is -0.587. The van der Waals surface area contributed by atoms with Crippen molar-refractivity contribution in [1.29, 1.82) is 0 Å². The average Bonchev–Trinajstić information content (AvgIpc) is 2.91. The Bertz CT molecular complexity index is 1440. The number of rotatable bonds is 8.